The molecule has 0 spiro atoms. The van der Waals surface area contributed by atoms with Crippen LogP contribution in [0.25, 0.3) is 10.4 Å². The number of nitrogens with zero attached hydrogens (tertiary/aromatic N) is 2. The normalized spacial score (nSPS) is 16.4. The van der Waals surface area contributed by atoms with Crippen molar-refractivity contribution in [2.75, 3.05) is 13.2 Å². The van der Waals surface area contributed by atoms with Gasteiger partial charge < -0.3 is 35.2 Å². The summed E-state index contributed by atoms with van der Waals surface area (Å²) in [6.07, 6.45) is -0.781. The van der Waals surface area contributed by atoms with Crippen LogP contribution in [0.4, 0.5) is 0 Å². The highest BCUT2D eigenvalue weighted by Crippen LogP contribution is 2.29. The summed E-state index contributed by atoms with van der Waals surface area (Å²) in [4.78, 5) is 58.0. The fourth-order valence-electron chi connectivity index (χ4n) is 5.70. The number of carboxylic acid groups (broad SMARTS) is 1. The number of benzene rings is 3. The lowest BCUT2D eigenvalue weighted by atomic mass is 9.85. The average Bonchev–Trinajstić information content (AvgIpc) is 3.71. The number of likely N-dealkylation sites (tertiary alicyclic amines) is 1. The van der Waals surface area contributed by atoms with Gasteiger partial charge in [-0.25, -0.2) is 9.78 Å². The number of carbonyl (C=O) groups excluding carboxylic acids is 3. The van der Waals surface area contributed by atoms with Crippen LogP contribution in [0.15, 0.2) is 78.3 Å². The summed E-state index contributed by atoms with van der Waals surface area (Å²) in [5.74, 6) is -1.31. The molecule has 0 saturated carbocycles. The Morgan fingerprint density at radius 1 is 0.961 bits per heavy atom. The van der Waals surface area contributed by atoms with E-state index in [0.29, 0.717) is 11.5 Å². The first-order chi connectivity index (χ1) is 24.3. The van der Waals surface area contributed by atoms with Gasteiger partial charge in [0.2, 0.25) is 17.7 Å². The topological polar surface area (TPSA) is 167 Å². The van der Waals surface area contributed by atoms with E-state index in [9.17, 15) is 24.3 Å². The predicted molar refractivity (Wildman–Crippen MR) is 191 cm³/mol. The molecule has 51 heavy (non-hydrogen) atoms. The quantitative estimate of drug-likeness (QED) is 0.150. The van der Waals surface area contributed by atoms with Crippen molar-refractivity contribution in [2.24, 2.45) is 5.41 Å². The Balaban J connectivity index is 1.12. The van der Waals surface area contributed by atoms with Crippen LogP contribution in [0, 0.1) is 12.3 Å². The third-order valence-electron chi connectivity index (χ3n) is 8.47. The Labute approximate surface area is 300 Å². The number of aliphatic hydroxyl groups excluding tert-OH is 1. The molecule has 4 N–H and O–H groups in total. The lowest BCUT2D eigenvalue weighted by Gasteiger charge is -2.35. The van der Waals surface area contributed by atoms with Crippen LogP contribution in [-0.2, 0) is 32.3 Å². The van der Waals surface area contributed by atoms with E-state index in [1.165, 1.54) is 17.0 Å². The molecule has 1 aromatic heterocycles. The zero-order valence-electron chi connectivity index (χ0n) is 28.9. The number of hydrogen-bond acceptors (Lipinski definition) is 9. The maximum Gasteiger partial charge on any atom is 0.335 e. The van der Waals surface area contributed by atoms with E-state index in [1.54, 1.807) is 53.2 Å². The fraction of sp³-hybridized carbons (Fsp3) is 0.342. The molecule has 13 heteroatoms. The zero-order valence-corrected chi connectivity index (χ0v) is 29.7. The Morgan fingerprint density at radius 2 is 1.59 bits per heavy atom. The van der Waals surface area contributed by atoms with Crippen molar-refractivity contribution < 1.29 is 38.9 Å². The Kier molecular flexibility index (Phi) is 11.9. The molecule has 1 aliphatic rings. The molecule has 2 heterocycles. The maximum absolute atomic E-state index is 13.9. The monoisotopic (exact) mass is 714 g/mol. The molecule has 268 valence electrons. The molecule has 12 nitrogen and oxygen atoms in total. The molecule has 0 bridgehead atoms. The second kappa shape index (κ2) is 16.3. The molecule has 0 aliphatic carbocycles. The number of amides is 3. The van der Waals surface area contributed by atoms with Crippen molar-refractivity contribution in [3.63, 3.8) is 0 Å². The summed E-state index contributed by atoms with van der Waals surface area (Å²) >= 11 is 1.57. The minimum Gasteiger partial charge on any atom is -0.478 e. The summed E-state index contributed by atoms with van der Waals surface area (Å²) in [5.41, 5.74) is 4.94. The number of aromatic nitrogens is 1. The Bertz CT molecular complexity index is 1840. The first-order valence-corrected chi connectivity index (χ1v) is 17.4. The maximum atomic E-state index is 13.9. The number of nitrogens with one attached hydrogen (secondary N) is 2. The van der Waals surface area contributed by atoms with Crippen LogP contribution in [0.2, 0.25) is 0 Å². The van der Waals surface area contributed by atoms with Gasteiger partial charge in [-0.05, 0) is 65.4 Å². The minimum atomic E-state index is -1.02. The van der Waals surface area contributed by atoms with Gasteiger partial charge in [0.05, 0.1) is 34.4 Å². The van der Waals surface area contributed by atoms with Gasteiger partial charge in [-0.3, -0.25) is 14.4 Å². The number of rotatable bonds is 13. The molecule has 0 unspecified atom stereocenters. The van der Waals surface area contributed by atoms with Crippen LogP contribution >= 0.6 is 11.3 Å². The third kappa shape index (κ3) is 9.78. The number of ether oxygens (including phenoxy) is 2. The molecular weight excluding hydrogens is 673 g/mol. The Morgan fingerprint density at radius 3 is 2.18 bits per heavy atom. The first-order valence-electron chi connectivity index (χ1n) is 16.5. The molecule has 3 atom stereocenters. The predicted octanol–water partition coefficient (Wildman–Crippen LogP) is 4.93. The van der Waals surface area contributed by atoms with Crippen molar-refractivity contribution in [2.45, 2.75) is 65.5 Å². The lowest BCUT2D eigenvalue weighted by molar-refractivity contribution is -0.144. The molecule has 3 amide bonds. The summed E-state index contributed by atoms with van der Waals surface area (Å²) in [6, 6.07) is 19.1. The molecule has 1 aliphatic heterocycles. The van der Waals surface area contributed by atoms with Gasteiger partial charge in [-0.1, -0.05) is 57.2 Å². The third-order valence-corrected chi connectivity index (χ3v) is 9.45. The highest BCUT2D eigenvalue weighted by molar-refractivity contribution is 7.13. The van der Waals surface area contributed by atoms with Gasteiger partial charge in [0.25, 0.3) is 0 Å². The highest BCUT2D eigenvalue weighted by atomic mass is 32.1. The van der Waals surface area contributed by atoms with Crippen LogP contribution in [0.3, 0.4) is 0 Å². The van der Waals surface area contributed by atoms with Crippen LogP contribution < -0.4 is 15.4 Å². The van der Waals surface area contributed by atoms with Gasteiger partial charge in [-0.15, -0.1) is 11.3 Å². The van der Waals surface area contributed by atoms with Crippen LogP contribution in [0.5, 0.6) is 11.5 Å². The second-order valence-corrected chi connectivity index (χ2v) is 14.4. The van der Waals surface area contributed by atoms with E-state index >= 15 is 0 Å². The number of aromatic carboxylic acids is 1. The molecular formula is C38H42N4O8S. The van der Waals surface area contributed by atoms with E-state index in [2.05, 4.69) is 15.6 Å². The van der Waals surface area contributed by atoms with Gasteiger partial charge in [0.1, 0.15) is 30.2 Å². The molecule has 1 saturated heterocycles. The summed E-state index contributed by atoms with van der Waals surface area (Å²) in [6.45, 7) is 7.48. The fourth-order valence-corrected chi connectivity index (χ4v) is 6.51. The van der Waals surface area contributed by atoms with Crippen molar-refractivity contribution in [3.8, 4) is 21.9 Å². The summed E-state index contributed by atoms with van der Waals surface area (Å²) in [7, 11) is 0. The van der Waals surface area contributed by atoms with Crippen molar-refractivity contribution >= 4 is 35.0 Å². The number of aliphatic hydroxyl groups is 1. The standard InChI is InChI=1S/C38H42N4O8S/c1-23-33(51-22-40-23)26-9-5-24(6-10-26)18-39-35(45)31-17-28(43)19-42(31)36(46)34(38(2,3)4)41-32(44)21-49-20-25-7-13-29(14-8-25)50-30-15-11-27(12-16-30)37(47)48/h5-16,22,28,31,34,43H,17-21H2,1-4H3,(H,39,45)(H,41,44)(H,47,48)/t28-,31+,34-/m1/s1. The molecule has 1 fully saturated rings. The first kappa shape index (κ1) is 37.2. The van der Waals surface area contributed by atoms with Gasteiger partial charge in [-0.2, -0.15) is 0 Å². The smallest absolute Gasteiger partial charge is 0.335 e. The Hall–Kier alpha value is -5.11. The lowest BCUT2D eigenvalue weighted by Crippen LogP contribution is -2.58. The largest absolute Gasteiger partial charge is 0.478 e. The van der Waals surface area contributed by atoms with Crippen molar-refractivity contribution in [1.82, 2.24) is 20.5 Å². The van der Waals surface area contributed by atoms with E-state index < -0.39 is 41.4 Å². The number of carboxylic acids is 1. The molecule has 5 rings (SSSR count). The van der Waals surface area contributed by atoms with Gasteiger partial charge in [0, 0.05) is 19.5 Å². The SMILES string of the molecule is Cc1ncsc1-c1ccc(CNC(=O)[C@@H]2C[C@@H](O)CN2C(=O)[C@@H](NC(=O)COCc2ccc(Oc3ccc(C(=O)O)cc3)cc2)C(C)(C)C)cc1. The van der Waals surface area contributed by atoms with E-state index in [-0.39, 0.29) is 44.2 Å². The number of hydrogen-bond donors (Lipinski definition) is 4. The second-order valence-electron chi connectivity index (χ2n) is 13.5. The van der Waals surface area contributed by atoms with E-state index in [0.717, 1.165) is 27.3 Å². The van der Waals surface area contributed by atoms with Crippen LogP contribution in [-0.4, -0.2) is 75.1 Å². The number of β-amino-alcohol motifs (C(OH)–C–C–N with tert-alkyl or cyclic N) is 1. The van der Waals surface area contributed by atoms with Gasteiger partial charge >= 0.3 is 5.97 Å². The van der Waals surface area contributed by atoms with E-state index in [4.69, 9.17) is 14.6 Å². The van der Waals surface area contributed by atoms with Crippen molar-refractivity contribution in [1.29, 1.82) is 0 Å². The number of thiazole rings is 1. The molecule has 4 aromatic rings. The summed E-state index contributed by atoms with van der Waals surface area (Å²) < 4.78 is 11.4. The summed E-state index contributed by atoms with van der Waals surface area (Å²) in [5, 5.41) is 25.2. The molecule has 3 aromatic carbocycles. The van der Waals surface area contributed by atoms with Crippen LogP contribution in [0.1, 0.15) is 54.4 Å². The number of aryl methyl sites for hydroxylation is 1. The minimum absolute atomic E-state index is 0.0217. The zero-order chi connectivity index (χ0) is 36.7. The average molecular weight is 715 g/mol. The van der Waals surface area contributed by atoms with Gasteiger partial charge in [0.15, 0.2) is 0 Å². The molecule has 0 radical (unpaired) electrons. The number of carbonyl (C=O) groups is 4. The van der Waals surface area contributed by atoms with Crippen molar-refractivity contribution in [3.05, 3.63) is 101 Å². The highest BCUT2D eigenvalue weighted by Gasteiger charge is 2.44. The van der Waals surface area contributed by atoms with E-state index in [1.807, 2.05) is 52.0 Å².